The number of benzene rings is 1. The Morgan fingerprint density at radius 2 is 2.09 bits per heavy atom. The lowest BCUT2D eigenvalue weighted by Gasteiger charge is -2.15. The predicted octanol–water partition coefficient (Wildman–Crippen LogP) is 4.02. The molecule has 0 aliphatic heterocycles. The Bertz CT molecular complexity index is 477. The molecular formula is C16H24Cl2N2O2. The normalized spacial score (nSPS) is 14.5. The first kappa shape index (κ1) is 19.1. The highest BCUT2D eigenvalue weighted by Crippen LogP contribution is 2.31. The Hall–Kier alpha value is -0.970. The molecule has 124 valence electrons. The van der Waals surface area contributed by atoms with Crippen LogP contribution in [0.3, 0.4) is 0 Å². The van der Waals surface area contributed by atoms with Crippen LogP contribution in [0.1, 0.15) is 38.5 Å². The molecule has 1 aromatic rings. The standard InChI is InChI=1S/C16H23ClN2O2.ClH/c1-18-10-4-7-16(20)19-12-8-9-15(14(17)11-12)21-13-5-2-3-6-13;/h8-9,11,13,18H,2-7,10H2,1H3,(H,19,20);1H. The van der Waals surface area contributed by atoms with Crippen molar-refractivity contribution in [3.8, 4) is 5.75 Å². The van der Waals surface area contributed by atoms with Crippen molar-refractivity contribution < 1.29 is 9.53 Å². The van der Waals surface area contributed by atoms with Crippen LogP contribution in [0.4, 0.5) is 5.69 Å². The van der Waals surface area contributed by atoms with Gasteiger partial charge >= 0.3 is 0 Å². The van der Waals surface area contributed by atoms with Crippen molar-refractivity contribution in [1.29, 1.82) is 0 Å². The van der Waals surface area contributed by atoms with Crippen LogP contribution in [0.25, 0.3) is 0 Å². The van der Waals surface area contributed by atoms with Crippen molar-refractivity contribution in [1.82, 2.24) is 5.32 Å². The fraction of sp³-hybridized carbons (Fsp3) is 0.562. The number of ether oxygens (including phenoxy) is 1. The van der Waals surface area contributed by atoms with Crippen LogP contribution in [-0.2, 0) is 4.79 Å². The van der Waals surface area contributed by atoms with Gasteiger partial charge in [-0.05, 0) is 63.9 Å². The van der Waals surface area contributed by atoms with Crippen LogP contribution >= 0.6 is 24.0 Å². The van der Waals surface area contributed by atoms with Crippen LogP contribution in [-0.4, -0.2) is 25.6 Å². The second-order valence-corrected chi connectivity index (χ2v) is 5.83. The largest absolute Gasteiger partial charge is 0.489 e. The fourth-order valence-electron chi connectivity index (χ4n) is 2.51. The Morgan fingerprint density at radius 1 is 1.36 bits per heavy atom. The summed E-state index contributed by atoms with van der Waals surface area (Å²) in [6.45, 7) is 0.836. The van der Waals surface area contributed by atoms with Crippen LogP contribution in [0.2, 0.25) is 5.02 Å². The molecule has 4 nitrogen and oxygen atoms in total. The third-order valence-corrected chi connectivity index (χ3v) is 3.94. The summed E-state index contributed by atoms with van der Waals surface area (Å²) < 4.78 is 5.89. The number of hydrogen-bond acceptors (Lipinski definition) is 3. The molecule has 0 bridgehead atoms. The van der Waals surface area contributed by atoms with E-state index in [-0.39, 0.29) is 24.4 Å². The molecule has 2 rings (SSSR count). The zero-order valence-electron chi connectivity index (χ0n) is 12.9. The Balaban J connectivity index is 0.00000242. The molecule has 0 saturated heterocycles. The molecule has 0 aromatic heterocycles. The molecule has 1 fully saturated rings. The second-order valence-electron chi connectivity index (χ2n) is 5.42. The van der Waals surface area contributed by atoms with Gasteiger partial charge in [0.15, 0.2) is 0 Å². The minimum Gasteiger partial charge on any atom is -0.489 e. The van der Waals surface area contributed by atoms with Gasteiger partial charge in [0, 0.05) is 12.1 Å². The maximum Gasteiger partial charge on any atom is 0.224 e. The summed E-state index contributed by atoms with van der Waals surface area (Å²) in [5.74, 6) is 0.711. The molecule has 0 spiro atoms. The van der Waals surface area contributed by atoms with Crippen molar-refractivity contribution in [2.75, 3.05) is 18.9 Å². The predicted molar refractivity (Wildman–Crippen MR) is 93.4 cm³/mol. The Labute approximate surface area is 143 Å². The first-order chi connectivity index (χ1) is 10.2. The minimum absolute atomic E-state index is 0. The summed E-state index contributed by atoms with van der Waals surface area (Å²) >= 11 is 6.23. The number of anilines is 1. The van der Waals surface area contributed by atoms with Gasteiger partial charge in [-0.15, -0.1) is 12.4 Å². The van der Waals surface area contributed by atoms with Gasteiger partial charge in [0.25, 0.3) is 0 Å². The first-order valence-electron chi connectivity index (χ1n) is 7.59. The molecule has 1 saturated carbocycles. The molecule has 1 aromatic carbocycles. The minimum atomic E-state index is 0. The van der Waals surface area contributed by atoms with E-state index in [1.807, 2.05) is 19.2 Å². The van der Waals surface area contributed by atoms with E-state index in [9.17, 15) is 4.79 Å². The van der Waals surface area contributed by atoms with E-state index >= 15 is 0 Å². The third kappa shape index (κ3) is 6.03. The summed E-state index contributed by atoms with van der Waals surface area (Å²) in [5, 5.41) is 6.43. The van der Waals surface area contributed by atoms with Gasteiger partial charge in [0.2, 0.25) is 5.91 Å². The van der Waals surface area contributed by atoms with Gasteiger partial charge in [0.05, 0.1) is 11.1 Å². The monoisotopic (exact) mass is 346 g/mol. The molecule has 1 aliphatic carbocycles. The zero-order chi connectivity index (χ0) is 15.1. The number of carbonyl (C=O) groups excluding carboxylic acids is 1. The number of rotatable bonds is 7. The summed E-state index contributed by atoms with van der Waals surface area (Å²) in [6, 6.07) is 5.43. The molecule has 6 heteroatoms. The first-order valence-corrected chi connectivity index (χ1v) is 7.97. The van der Waals surface area contributed by atoms with Gasteiger partial charge in [-0.3, -0.25) is 4.79 Å². The van der Waals surface area contributed by atoms with E-state index in [1.54, 1.807) is 6.07 Å². The maximum absolute atomic E-state index is 11.7. The molecule has 2 N–H and O–H groups in total. The fourth-order valence-corrected chi connectivity index (χ4v) is 2.73. The Morgan fingerprint density at radius 3 is 2.73 bits per heavy atom. The molecule has 0 radical (unpaired) electrons. The quantitative estimate of drug-likeness (QED) is 0.733. The summed E-state index contributed by atoms with van der Waals surface area (Å²) in [4.78, 5) is 11.7. The number of nitrogens with one attached hydrogen (secondary N) is 2. The summed E-state index contributed by atoms with van der Waals surface area (Å²) in [6.07, 6.45) is 6.24. The smallest absolute Gasteiger partial charge is 0.224 e. The highest BCUT2D eigenvalue weighted by atomic mass is 35.5. The SMILES string of the molecule is CNCCCC(=O)Nc1ccc(OC2CCCC2)c(Cl)c1.Cl. The molecule has 0 atom stereocenters. The number of carbonyl (C=O) groups is 1. The molecule has 22 heavy (non-hydrogen) atoms. The van der Waals surface area contributed by atoms with E-state index < -0.39 is 0 Å². The van der Waals surface area contributed by atoms with E-state index in [2.05, 4.69) is 10.6 Å². The summed E-state index contributed by atoms with van der Waals surface area (Å²) in [7, 11) is 1.88. The van der Waals surface area contributed by atoms with Gasteiger partial charge in [0.1, 0.15) is 5.75 Å². The van der Waals surface area contributed by atoms with E-state index in [4.69, 9.17) is 16.3 Å². The van der Waals surface area contributed by atoms with Crippen molar-refractivity contribution in [3.63, 3.8) is 0 Å². The number of amides is 1. The molecule has 0 heterocycles. The lowest BCUT2D eigenvalue weighted by Crippen LogP contribution is -2.15. The van der Waals surface area contributed by atoms with E-state index in [0.29, 0.717) is 22.9 Å². The highest BCUT2D eigenvalue weighted by Gasteiger charge is 2.17. The molecule has 0 unspecified atom stereocenters. The summed E-state index contributed by atoms with van der Waals surface area (Å²) in [5.41, 5.74) is 0.716. The van der Waals surface area contributed by atoms with Crippen molar-refractivity contribution in [2.45, 2.75) is 44.6 Å². The lowest BCUT2D eigenvalue weighted by molar-refractivity contribution is -0.116. The molecular weight excluding hydrogens is 323 g/mol. The van der Waals surface area contributed by atoms with Crippen molar-refractivity contribution >= 4 is 35.6 Å². The van der Waals surface area contributed by atoms with E-state index in [1.165, 1.54) is 12.8 Å². The topological polar surface area (TPSA) is 50.4 Å². The van der Waals surface area contributed by atoms with Crippen LogP contribution < -0.4 is 15.4 Å². The maximum atomic E-state index is 11.7. The van der Waals surface area contributed by atoms with Gasteiger partial charge < -0.3 is 15.4 Å². The highest BCUT2D eigenvalue weighted by molar-refractivity contribution is 6.32. The van der Waals surface area contributed by atoms with Gasteiger partial charge in [-0.2, -0.15) is 0 Å². The number of hydrogen-bond donors (Lipinski definition) is 2. The third-order valence-electron chi connectivity index (χ3n) is 3.64. The second kappa shape index (κ2) is 9.93. The van der Waals surface area contributed by atoms with Crippen LogP contribution in [0.15, 0.2) is 18.2 Å². The molecule has 1 aliphatic rings. The van der Waals surface area contributed by atoms with Crippen molar-refractivity contribution in [3.05, 3.63) is 23.2 Å². The van der Waals surface area contributed by atoms with Crippen LogP contribution in [0.5, 0.6) is 5.75 Å². The zero-order valence-corrected chi connectivity index (χ0v) is 14.4. The molecule has 1 amide bonds. The van der Waals surface area contributed by atoms with Crippen LogP contribution in [0, 0.1) is 0 Å². The van der Waals surface area contributed by atoms with Gasteiger partial charge in [-0.1, -0.05) is 11.6 Å². The van der Waals surface area contributed by atoms with Crippen molar-refractivity contribution in [2.24, 2.45) is 0 Å². The average molecular weight is 347 g/mol. The lowest BCUT2D eigenvalue weighted by atomic mass is 10.2. The number of halogens is 2. The average Bonchev–Trinajstić information content (AvgIpc) is 2.95. The Kier molecular flexibility index (Phi) is 8.61. The van der Waals surface area contributed by atoms with Gasteiger partial charge in [-0.25, -0.2) is 0 Å². The van der Waals surface area contributed by atoms with E-state index in [0.717, 1.165) is 25.8 Å².